The molecule has 47 nitrogen and oxygen atoms in total. The number of aliphatic carboxylic acids is 1. The Balaban J connectivity index is 1.02. The number of rotatable bonds is 28. The van der Waals surface area contributed by atoms with Crippen molar-refractivity contribution in [2.75, 3.05) is 46.2 Å². The second kappa shape index (κ2) is 37.5. The summed E-state index contributed by atoms with van der Waals surface area (Å²) in [5.74, 6) is -8.94. The molecule has 8 saturated heterocycles. The largest absolute Gasteiger partial charge is 0.477 e. The van der Waals surface area contributed by atoms with Crippen molar-refractivity contribution in [3.05, 3.63) is 0 Å². The highest BCUT2D eigenvalue weighted by atomic mass is 16.8. The van der Waals surface area contributed by atoms with Crippen LogP contribution >= 0.6 is 0 Å². The molecule has 41 atom stereocenters. The smallest absolute Gasteiger partial charge is 0.364 e. The zero-order chi connectivity index (χ0) is 78.6. The van der Waals surface area contributed by atoms with E-state index in [4.69, 9.17) is 71.1 Å². The lowest BCUT2D eigenvalue weighted by Crippen LogP contribution is -2.71. The normalized spacial score (nSPS) is 47.2. The van der Waals surface area contributed by atoms with E-state index in [0.29, 0.717) is 0 Å². The van der Waals surface area contributed by atoms with E-state index in [1.54, 1.807) is 0 Å². The Morgan fingerprint density at radius 2 is 0.811 bits per heavy atom. The van der Waals surface area contributed by atoms with Crippen LogP contribution in [0.1, 0.15) is 41.0 Å². The average Bonchev–Trinajstić information content (AvgIpc) is 0.756. The van der Waals surface area contributed by atoms with Gasteiger partial charge < -0.3 is 210 Å². The third kappa shape index (κ3) is 19.1. The lowest BCUT2D eigenvalue weighted by atomic mass is 9.88. The molecule has 4 amide bonds. The Morgan fingerprint density at radius 1 is 0.406 bits per heavy atom. The summed E-state index contributed by atoms with van der Waals surface area (Å²) in [6.45, 7) is -2.60. The number of carbonyl (C=O) groups excluding carboxylic acids is 4. The fourth-order valence-corrected chi connectivity index (χ4v) is 13.6. The molecule has 8 rings (SSSR count). The van der Waals surface area contributed by atoms with E-state index < -0.39 is 333 Å². The van der Waals surface area contributed by atoms with Gasteiger partial charge in [0.2, 0.25) is 23.6 Å². The highest BCUT2D eigenvalue weighted by Gasteiger charge is 2.63. The molecule has 612 valence electrons. The number of hydrogen-bond donors (Lipinski definition) is 27. The van der Waals surface area contributed by atoms with Gasteiger partial charge in [0.1, 0.15) is 183 Å². The molecule has 8 aliphatic rings. The van der Waals surface area contributed by atoms with Crippen molar-refractivity contribution in [1.29, 1.82) is 0 Å². The van der Waals surface area contributed by atoms with E-state index in [9.17, 15) is 141 Å². The highest BCUT2D eigenvalue weighted by molar-refractivity contribution is 5.77. The van der Waals surface area contributed by atoms with Crippen molar-refractivity contribution in [2.24, 2.45) is 0 Å². The first-order valence-electron chi connectivity index (χ1n) is 33.6. The second-order valence-electron chi connectivity index (χ2n) is 26.8. The van der Waals surface area contributed by atoms with Crippen molar-refractivity contribution in [3.8, 4) is 0 Å². The first kappa shape index (κ1) is 87.4. The minimum Gasteiger partial charge on any atom is -0.477 e. The number of hydrogen-bond acceptors (Lipinski definition) is 42. The molecule has 8 fully saturated rings. The Kier molecular flexibility index (Phi) is 30.9. The summed E-state index contributed by atoms with van der Waals surface area (Å²) in [6.07, 6.45) is -75.3. The standard InChI is InChI=1S/C59H98N4O43/c1-14-31(76)39(84)41(86)54(93-14)92-13-26-46(36(81)28(51(89)94-26)61-16(3)71)100-52-29(62-17(4)72)37(82)44(24(11-68)98-52)101-55-42(87)48(34(79)22(9-66)95-55)103-57-50(40(85)33(78)21(8-65)97-57)104-53-30(63-18(5)73)38(83)45(25(12-69)99-53)102-56-43(88)49(35(80)23(10-67)96-56)106-59(58(90)91)6-19(74)27(60-15(2)70)47(105-59)32(77)20(75)7-64/h14,19-57,64-69,74-89H,6-13H2,1-5H3,(H,60,70)(H,61,71)(H,62,72)(H,63,73)(H,90,91)/t14-,19-,20+,21+,22+,23+,24+,25+,26+,27+,28+,29+,30+,31+,32+,33+,34+,35-,36+,37+,38+,39+,40-,41-,42-,43+,44+,45+,46+,47+,48-,49-,50-,51+,52-,53-,54+,55-,56-,57+,59-/m0/s1. The van der Waals surface area contributed by atoms with Crippen molar-refractivity contribution in [1.82, 2.24) is 21.3 Å². The number of ether oxygens (including phenoxy) is 15. The number of carbonyl (C=O) groups is 5. The Hall–Kier alpha value is -4.13. The SMILES string of the molecule is CC(=O)N[C@@H]1[C@@H](O)[C@H](O[C@@H]2O[C@H](CO)[C@@H](O[C@@H]3O[C@H](CO)[C@@H](O)[C@H](O[C@H]4O[C@H](CO)[C@@H](O)[C@H](O)[C@@H]4O[C@@H]4O[C@H](CO)[C@@H](O[C@@H]5O[C@H](CO)[C@H](O)[C@H](O[C@]6(C(=O)O)C[C@H](O)[C@@H](NC(C)=O)[C@H]([C@H](O)[C@H](O)CO)O6)[C@H]5O)[C@H](O)[C@H]4NC(C)=O)[C@@H]3O)[C@H](O)[C@H]2NC(C)=O)[C@@H](CO[C@@H]2O[C@@H](C)[C@@H](O)[C@@H](O)[C@@H]2O)O[C@H]1O. The molecule has 8 heterocycles. The Bertz CT molecular complexity index is 2860. The lowest BCUT2D eigenvalue weighted by Gasteiger charge is -2.51. The topological polar surface area (TPSA) is 737 Å². The van der Waals surface area contributed by atoms with E-state index in [0.717, 1.165) is 27.7 Å². The van der Waals surface area contributed by atoms with E-state index in [-0.39, 0.29) is 0 Å². The fraction of sp³-hybridized carbons (Fsp3) is 0.915. The van der Waals surface area contributed by atoms with Crippen molar-refractivity contribution in [2.45, 2.75) is 292 Å². The van der Waals surface area contributed by atoms with Gasteiger partial charge in [0, 0.05) is 34.1 Å². The van der Waals surface area contributed by atoms with Crippen LogP contribution in [0.2, 0.25) is 0 Å². The Morgan fingerprint density at radius 3 is 1.29 bits per heavy atom. The van der Waals surface area contributed by atoms with Gasteiger partial charge in [-0.3, -0.25) is 19.2 Å². The van der Waals surface area contributed by atoms with E-state index in [1.165, 1.54) is 6.92 Å². The van der Waals surface area contributed by atoms with Gasteiger partial charge in [-0.05, 0) is 6.92 Å². The lowest BCUT2D eigenvalue weighted by molar-refractivity contribution is -0.398. The second-order valence-corrected chi connectivity index (χ2v) is 26.8. The summed E-state index contributed by atoms with van der Waals surface area (Å²) in [6, 6.07) is -7.29. The number of amides is 4. The quantitative estimate of drug-likeness (QED) is 0.0346. The van der Waals surface area contributed by atoms with Crippen LogP contribution in [0.4, 0.5) is 0 Å². The predicted molar refractivity (Wildman–Crippen MR) is 327 cm³/mol. The first-order valence-corrected chi connectivity index (χ1v) is 33.6. The van der Waals surface area contributed by atoms with Gasteiger partial charge in [0.25, 0.3) is 5.79 Å². The molecule has 47 heteroatoms. The summed E-state index contributed by atoms with van der Waals surface area (Å²) in [7, 11) is 0. The number of carboxylic acid groups (broad SMARTS) is 1. The van der Waals surface area contributed by atoms with Gasteiger partial charge in [-0.25, -0.2) is 4.79 Å². The van der Waals surface area contributed by atoms with Crippen LogP contribution in [0.15, 0.2) is 0 Å². The molecule has 0 aromatic heterocycles. The van der Waals surface area contributed by atoms with E-state index >= 15 is 0 Å². The number of aliphatic hydroxyl groups excluding tert-OH is 22. The summed E-state index contributed by atoms with van der Waals surface area (Å²) in [5.41, 5.74) is 0. The minimum atomic E-state index is -3.26. The highest BCUT2D eigenvalue weighted by Crippen LogP contribution is 2.41. The molecule has 106 heavy (non-hydrogen) atoms. The van der Waals surface area contributed by atoms with Crippen molar-refractivity contribution < 1.29 is 212 Å². The predicted octanol–water partition coefficient (Wildman–Crippen LogP) is -17.6. The number of carboxylic acids is 1. The molecule has 0 bridgehead atoms. The van der Waals surface area contributed by atoms with Crippen LogP contribution < -0.4 is 21.3 Å². The van der Waals surface area contributed by atoms with Crippen LogP contribution in [-0.2, 0) is 95.0 Å². The molecule has 0 radical (unpaired) electrons. The molecule has 27 N–H and O–H groups in total. The maximum atomic E-state index is 13.2. The van der Waals surface area contributed by atoms with Gasteiger partial charge in [-0.1, -0.05) is 0 Å². The number of nitrogens with one attached hydrogen (secondary N) is 4. The zero-order valence-electron chi connectivity index (χ0n) is 57.2. The van der Waals surface area contributed by atoms with Crippen LogP contribution in [-0.4, -0.2) is 444 Å². The Labute approximate surface area is 600 Å². The molecule has 0 spiro atoms. The summed E-state index contributed by atoms with van der Waals surface area (Å²) in [5, 5.41) is 263. The van der Waals surface area contributed by atoms with Gasteiger partial charge in [-0.2, -0.15) is 0 Å². The molecule has 0 saturated carbocycles. The molecule has 8 aliphatic heterocycles. The van der Waals surface area contributed by atoms with Gasteiger partial charge in [-0.15, -0.1) is 0 Å². The van der Waals surface area contributed by atoms with Crippen molar-refractivity contribution >= 4 is 29.6 Å². The van der Waals surface area contributed by atoms with Crippen molar-refractivity contribution in [3.63, 3.8) is 0 Å². The number of aliphatic hydroxyl groups is 22. The van der Waals surface area contributed by atoms with Crippen LogP contribution in [0, 0.1) is 0 Å². The summed E-state index contributed by atoms with van der Waals surface area (Å²) < 4.78 is 87.7. The maximum absolute atomic E-state index is 13.2. The maximum Gasteiger partial charge on any atom is 0.364 e. The fourth-order valence-electron chi connectivity index (χ4n) is 13.6. The third-order valence-electron chi connectivity index (χ3n) is 19.2. The molecule has 0 aliphatic carbocycles. The average molecular weight is 1550 g/mol. The monoisotopic (exact) mass is 1550 g/mol. The summed E-state index contributed by atoms with van der Waals surface area (Å²) in [4.78, 5) is 63.4. The van der Waals surface area contributed by atoms with Crippen LogP contribution in [0.5, 0.6) is 0 Å². The first-order chi connectivity index (χ1) is 49.9. The third-order valence-corrected chi connectivity index (χ3v) is 19.2. The van der Waals surface area contributed by atoms with E-state index in [2.05, 4.69) is 21.3 Å². The van der Waals surface area contributed by atoms with Gasteiger partial charge in [0.05, 0.1) is 64.5 Å². The molecular formula is C59H98N4O43. The zero-order valence-corrected chi connectivity index (χ0v) is 57.2. The molecule has 0 aromatic rings. The van der Waals surface area contributed by atoms with Crippen LogP contribution in [0.3, 0.4) is 0 Å². The molecular weight excluding hydrogens is 1450 g/mol. The minimum absolute atomic E-state index is 0.786. The van der Waals surface area contributed by atoms with Crippen LogP contribution in [0.25, 0.3) is 0 Å². The van der Waals surface area contributed by atoms with E-state index in [1.807, 2.05) is 0 Å². The molecule has 0 aromatic carbocycles. The van der Waals surface area contributed by atoms with Gasteiger partial charge in [0.15, 0.2) is 44.0 Å². The summed E-state index contributed by atoms with van der Waals surface area (Å²) >= 11 is 0. The van der Waals surface area contributed by atoms with Gasteiger partial charge >= 0.3 is 5.97 Å². The molecule has 0 unspecified atom stereocenters.